The van der Waals surface area contributed by atoms with E-state index in [2.05, 4.69) is 43.1 Å². The number of aromatic nitrogens is 2. The highest BCUT2D eigenvalue weighted by atomic mass is 16.4. The molecular weight excluding hydrogens is 300 g/mol. The lowest BCUT2D eigenvalue weighted by atomic mass is 9.85. The van der Waals surface area contributed by atoms with Crippen LogP contribution >= 0.6 is 0 Å². The molecule has 0 fully saturated rings. The largest absolute Gasteiger partial charge is 0.550 e. The number of aryl methyl sites for hydroxylation is 1. The molecule has 0 radical (unpaired) electrons. The number of pyridine rings is 2. The number of hydrogen-bond donors (Lipinski definition) is 0. The smallest absolute Gasteiger partial charge is 0.169 e. The molecule has 2 unspecified atom stereocenters. The predicted octanol–water partition coefficient (Wildman–Crippen LogP) is 2.59. The van der Waals surface area contributed by atoms with Crippen molar-refractivity contribution >= 4 is 5.97 Å². The summed E-state index contributed by atoms with van der Waals surface area (Å²) in [5.74, 6) is 0.0296. The van der Waals surface area contributed by atoms with E-state index >= 15 is 0 Å². The average Bonchev–Trinajstić information content (AvgIpc) is 2.60. The molecule has 2 rings (SSSR count). The minimum Gasteiger partial charge on any atom is -0.550 e. The summed E-state index contributed by atoms with van der Waals surface area (Å²) < 4.78 is 2.03. The Morgan fingerprint density at radius 2 is 1.83 bits per heavy atom. The molecule has 0 aliphatic rings. The van der Waals surface area contributed by atoms with Crippen LogP contribution in [0.4, 0.5) is 0 Å². The van der Waals surface area contributed by atoms with E-state index in [0.29, 0.717) is 24.8 Å². The standard InChI is InChI=1S/C20H26N2O2/c1-3-17(19-6-10-21-11-7-19)15-16(2)18-8-13-22(14-9-18)12-4-5-20(23)24/h6-11,13-14,16-17H,3-5,12,15H2,1-2H3. The van der Waals surface area contributed by atoms with Crippen LogP contribution in [0.1, 0.15) is 62.5 Å². The number of hydrogen-bond acceptors (Lipinski definition) is 3. The Kier molecular flexibility index (Phi) is 6.91. The van der Waals surface area contributed by atoms with Crippen molar-refractivity contribution in [1.82, 2.24) is 4.98 Å². The fourth-order valence-electron chi connectivity index (χ4n) is 3.09. The van der Waals surface area contributed by atoms with E-state index in [4.69, 9.17) is 0 Å². The maximum absolute atomic E-state index is 10.5. The van der Waals surface area contributed by atoms with Crippen LogP contribution < -0.4 is 9.67 Å². The highest BCUT2D eigenvalue weighted by Crippen LogP contribution is 2.31. The van der Waals surface area contributed by atoms with Gasteiger partial charge in [-0.05, 0) is 54.4 Å². The summed E-state index contributed by atoms with van der Waals surface area (Å²) in [5.41, 5.74) is 2.67. The normalized spacial score (nSPS) is 13.4. The van der Waals surface area contributed by atoms with Crippen LogP contribution in [0.3, 0.4) is 0 Å². The number of carbonyl (C=O) groups excluding carboxylic acids is 1. The predicted molar refractivity (Wildman–Crippen MR) is 91.2 cm³/mol. The van der Waals surface area contributed by atoms with Crippen molar-refractivity contribution in [3.63, 3.8) is 0 Å². The molecule has 0 aliphatic heterocycles. The van der Waals surface area contributed by atoms with Gasteiger partial charge in [-0.25, -0.2) is 4.57 Å². The van der Waals surface area contributed by atoms with Crippen molar-refractivity contribution in [2.75, 3.05) is 0 Å². The quantitative estimate of drug-likeness (QED) is 0.666. The first-order chi connectivity index (χ1) is 11.6. The molecule has 0 saturated carbocycles. The van der Waals surface area contributed by atoms with Gasteiger partial charge in [-0.15, -0.1) is 0 Å². The van der Waals surface area contributed by atoms with Gasteiger partial charge in [-0.1, -0.05) is 13.8 Å². The summed E-state index contributed by atoms with van der Waals surface area (Å²) >= 11 is 0. The summed E-state index contributed by atoms with van der Waals surface area (Å²) in [5, 5.41) is 10.5. The third-order valence-electron chi connectivity index (χ3n) is 4.59. The van der Waals surface area contributed by atoms with Crippen LogP contribution in [0.5, 0.6) is 0 Å². The number of carbonyl (C=O) groups is 1. The highest BCUT2D eigenvalue weighted by molar-refractivity contribution is 5.63. The zero-order chi connectivity index (χ0) is 17.4. The molecule has 0 N–H and O–H groups in total. The topological polar surface area (TPSA) is 56.9 Å². The summed E-state index contributed by atoms with van der Waals surface area (Å²) in [4.78, 5) is 14.6. The first-order valence-corrected chi connectivity index (χ1v) is 8.69. The minimum atomic E-state index is -0.984. The van der Waals surface area contributed by atoms with E-state index in [1.807, 2.05) is 29.4 Å². The number of nitrogens with zero attached hydrogens (tertiary/aromatic N) is 2. The number of carboxylic acid groups (broad SMARTS) is 1. The summed E-state index contributed by atoms with van der Waals surface area (Å²) in [6.07, 6.45) is 10.7. The number of carboxylic acids is 1. The van der Waals surface area contributed by atoms with E-state index in [1.165, 1.54) is 11.1 Å². The van der Waals surface area contributed by atoms with Crippen LogP contribution in [0.2, 0.25) is 0 Å². The van der Waals surface area contributed by atoms with Crippen LogP contribution in [-0.4, -0.2) is 11.0 Å². The molecule has 4 nitrogen and oxygen atoms in total. The van der Waals surface area contributed by atoms with Gasteiger partial charge in [-0.2, -0.15) is 0 Å². The molecule has 2 atom stereocenters. The summed E-state index contributed by atoms with van der Waals surface area (Å²) in [6, 6.07) is 8.50. The fraction of sp³-hybridized carbons (Fsp3) is 0.450. The third kappa shape index (κ3) is 5.44. The SMILES string of the molecule is CCC(CC(C)c1cc[n+](CCCC(=O)[O-])cc1)c1ccncc1. The van der Waals surface area contributed by atoms with E-state index in [0.717, 1.165) is 12.8 Å². The second-order valence-corrected chi connectivity index (χ2v) is 6.37. The van der Waals surface area contributed by atoms with Crippen LogP contribution in [-0.2, 0) is 11.3 Å². The van der Waals surface area contributed by atoms with Gasteiger partial charge in [0.05, 0.1) is 0 Å². The Morgan fingerprint density at radius 3 is 2.42 bits per heavy atom. The van der Waals surface area contributed by atoms with Gasteiger partial charge >= 0.3 is 0 Å². The van der Waals surface area contributed by atoms with Crippen molar-refractivity contribution in [1.29, 1.82) is 0 Å². The Bertz CT molecular complexity index is 626. The number of aliphatic carboxylic acids is 1. The van der Waals surface area contributed by atoms with E-state index in [1.54, 1.807) is 0 Å². The molecule has 2 heterocycles. The fourth-order valence-corrected chi connectivity index (χ4v) is 3.09. The van der Waals surface area contributed by atoms with Gasteiger partial charge in [0.1, 0.15) is 6.54 Å². The van der Waals surface area contributed by atoms with Crippen LogP contribution in [0, 0.1) is 0 Å². The third-order valence-corrected chi connectivity index (χ3v) is 4.59. The van der Waals surface area contributed by atoms with Crippen LogP contribution in [0.25, 0.3) is 0 Å². The molecule has 0 bridgehead atoms. The lowest BCUT2D eigenvalue weighted by Gasteiger charge is -2.20. The van der Waals surface area contributed by atoms with Crippen molar-refractivity contribution in [2.45, 2.75) is 57.9 Å². The Hall–Kier alpha value is -2.23. The Labute approximate surface area is 144 Å². The lowest BCUT2D eigenvalue weighted by molar-refractivity contribution is -0.697. The van der Waals surface area contributed by atoms with Crippen molar-refractivity contribution in [2.24, 2.45) is 0 Å². The van der Waals surface area contributed by atoms with Gasteiger partial charge in [0.25, 0.3) is 0 Å². The average molecular weight is 326 g/mol. The van der Waals surface area contributed by atoms with Gasteiger partial charge in [-0.3, -0.25) is 4.98 Å². The van der Waals surface area contributed by atoms with E-state index in [9.17, 15) is 9.90 Å². The lowest BCUT2D eigenvalue weighted by Crippen LogP contribution is -2.34. The monoisotopic (exact) mass is 326 g/mol. The molecule has 0 spiro atoms. The molecule has 0 aliphatic carbocycles. The molecule has 0 amide bonds. The summed E-state index contributed by atoms with van der Waals surface area (Å²) in [6.45, 7) is 5.20. The van der Waals surface area contributed by atoms with Gasteiger partial charge in [0, 0.05) is 36.9 Å². The molecule has 2 aromatic heterocycles. The zero-order valence-corrected chi connectivity index (χ0v) is 14.5. The maximum atomic E-state index is 10.5. The number of rotatable bonds is 9. The molecule has 24 heavy (non-hydrogen) atoms. The molecular formula is C20H26N2O2. The van der Waals surface area contributed by atoms with Crippen molar-refractivity contribution in [3.8, 4) is 0 Å². The molecule has 0 saturated heterocycles. The van der Waals surface area contributed by atoms with E-state index < -0.39 is 5.97 Å². The summed E-state index contributed by atoms with van der Waals surface area (Å²) in [7, 11) is 0. The second kappa shape index (κ2) is 9.16. The first kappa shape index (κ1) is 18.1. The van der Waals surface area contributed by atoms with Gasteiger partial charge < -0.3 is 9.90 Å². The molecule has 128 valence electrons. The highest BCUT2D eigenvalue weighted by Gasteiger charge is 2.16. The minimum absolute atomic E-state index is 0.106. The Balaban J connectivity index is 1.94. The van der Waals surface area contributed by atoms with Crippen molar-refractivity contribution in [3.05, 3.63) is 60.2 Å². The molecule has 2 aromatic rings. The molecule has 4 heteroatoms. The van der Waals surface area contributed by atoms with E-state index in [-0.39, 0.29) is 6.42 Å². The van der Waals surface area contributed by atoms with Gasteiger partial charge in [0.2, 0.25) is 0 Å². The second-order valence-electron chi connectivity index (χ2n) is 6.37. The molecule has 0 aromatic carbocycles. The zero-order valence-electron chi connectivity index (χ0n) is 14.5. The van der Waals surface area contributed by atoms with Gasteiger partial charge in [0.15, 0.2) is 12.4 Å². The van der Waals surface area contributed by atoms with Crippen LogP contribution in [0.15, 0.2) is 49.1 Å². The maximum Gasteiger partial charge on any atom is 0.169 e. The Morgan fingerprint density at radius 1 is 1.17 bits per heavy atom. The first-order valence-electron chi connectivity index (χ1n) is 8.69. The van der Waals surface area contributed by atoms with Crippen molar-refractivity contribution < 1.29 is 14.5 Å².